The Morgan fingerprint density at radius 3 is 2.56 bits per heavy atom. The maximum Gasteiger partial charge on any atom is 0.170 e. The van der Waals surface area contributed by atoms with Crippen molar-refractivity contribution in [2.75, 3.05) is 63.2 Å². The first-order chi connectivity index (χ1) is 17.6. The molecule has 1 aliphatic heterocycles. The van der Waals surface area contributed by atoms with Crippen LogP contribution >= 0.6 is 12.2 Å². The summed E-state index contributed by atoms with van der Waals surface area (Å²) in [5.41, 5.74) is 3.32. The van der Waals surface area contributed by atoms with E-state index in [4.69, 9.17) is 21.7 Å². The van der Waals surface area contributed by atoms with Crippen LogP contribution in [0.4, 0.5) is 11.4 Å². The molecule has 1 fully saturated rings. The minimum absolute atomic E-state index is 0.586. The molecule has 1 aromatic heterocycles. The third-order valence-electron chi connectivity index (χ3n) is 6.36. The van der Waals surface area contributed by atoms with Gasteiger partial charge < -0.3 is 29.6 Å². The van der Waals surface area contributed by atoms with Crippen LogP contribution in [0.1, 0.15) is 12.1 Å². The Morgan fingerprint density at radius 2 is 1.83 bits per heavy atom. The lowest BCUT2D eigenvalue weighted by atomic mass is 10.2. The average Bonchev–Trinajstić information content (AvgIpc) is 3.32. The largest absolute Gasteiger partial charge is 0.493 e. The third-order valence-corrected chi connectivity index (χ3v) is 6.61. The molecule has 3 aromatic rings. The van der Waals surface area contributed by atoms with Crippen LogP contribution in [-0.4, -0.2) is 72.5 Å². The zero-order valence-corrected chi connectivity index (χ0v) is 22.0. The van der Waals surface area contributed by atoms with Crippen LogP contribution < -0.4 is 25.0 Å². The molecule has 2 N–H and O–H groups in total. The highest BCUT2D eigenvalue weighted by molar-refractivity contribution is 7.80. The van der Waals surface area contributed by atoms with Crippen LogP contribution in [0.25, 0.3) is 0 Å². The van der Waals surface area contributed by atoms with Gasteiger partial charge in [0.25, 0.3) is 0 Å². The molecule has 1 aliphatic rings. The van der Waals surface area contributed by atoms with Crippen molar-refractivity contribution >= 4 is 28.7 Å². The van der Waals surface area contributed by atoms with E-state index in [0.717, 1.165) is 69.4 Å². The lowest BCUT2D eigenvalue weighted by molar-refractivity contribution is 0.197. The molecule has 0 saturated carbocycles. The topological polar surface area (TPSA) is 66.8 Å². The first kappa shape index (κ1) is 25.8. The lowest BCUT2D eigenvalue weighted by Gasteiger charge is -2.36. The van der Waals surface area contributed by atoms with Gasteiger partial charge in [-0.1, -0.05) is 18.2 Å². The highest BCUT2D eigenvalue weighted by Gasteiger charge is 2.17. The standard InChI is InChI=1S/C27H36N6O2S/c1-22-20-28-21-33(22)12-6-11-29-27(36)30-23-9-10-25(26(19-23)34-2)35-18-17-31-13-15-32(16-14-31)24-7-4-3-5-8-24/h3-5,7-10,19-21H,6,11-18H2,1-2H3,(H2,29,30,36). The van der Waals surface area contributed by atoms with Crippen molar-refractivity contribution in [3.63, 3.8) is 0 Å². The number of piperazine rings is 1. The molecule has 8 nitrogen and oxygen atoms in total. The fourth-order valence-corrected chi connectivity index (χ4v) is 4.49. The molecule has 0 spiro atoms. The van der Waals surface area contributed by atoms with Gasteiger partial charge in [-0.3, -0.25) is 4.90 Å². The van der Waals surface area contributed by atoms with Crippen LogP contribution in [0.5, 0.6) is 11.5 Å². The van der Waals surface area contributed by atoms with Gasteiger partial charge in [0.1, 0.15) is 6.61 Å². The second kappa shape index (κ2) is 13.1. The Labute approximate surface area is 219 Å². The van der Waals surface area contributed by atoms with E-state index in [1.165, 1.54) is 5.69 Å². The summed E-state index contributed by atoms with van der Waals surface area (Å²) in [5.74, 6) is 1.42. The van der Waals surface area contributed by atoms with Crippen molar-refractivity contribution in [3.8, 4) is 11.5 Å². The smallest absolute Gasteiger partial charge is 0.170 e. The number of rotatable bonds is 11. The van der Waals surface area contributed by atoms with Crippen LogP contribution in [0.2, 0.25) is 0 Å². The molecule has 36 heavy (non-hydrogen) atoms. The number of nitrogens with one attached hydrogen (secondary N) is 2. The molecule has 9 heteroatoms. The normalized spacial score (nSPS) is 13.9. The second-order valence-electron chi connectivity index (χ2n) is 8.84. The lowest BCUT2D eigenvalue weighted by Crippen LogP contribution is -2.47. The minimum atomic E-state index is 0.586. The molecule has 192 valence electrons. The van der Waals surface area contributed by atoms with E-state index in [9.17, 15) is 0 Å². The maximum atomic E-state index is 6.06. The van der Waals surface area contributed by atoms with Gasteiger partial charge in [-0.2, -0.15) is 0 Å². The Hall–Kier alpha value is -3.30. The Kier molecular flexibility index (Phi) is 9.40. The average molecular weight is 509 g/mol. The molecule has 0 atom stereocenters. The van der Waals surface area contributed by atoms with Gasteiger partial charge in [0.15, 0.2) is 16.6 Å². The zero-order chi connectivity index (χ0) is 25.2. The molecule has 4 rings (SSSR count). The quantitative estimate of drug-likeness (QED) is 0.300. The van der Waals surface area contributed by atoms with E-state index in [2.05, 4.69) is 67.2 Å². The van der Waals surface area contributed by atoms with Crippen molar-refractivity contribution in [3.05, 3.63) is 66.7 Å². The van der Waals surface area contributed by atoms with E-state index in [1.54, 1.807) is 7.11 Å². The summed E-state index contributed by atoms with van der Waals surface area (Å²) in [6.45, 7) is 9.38. The molecular weight excluding hydrogens is 472 g/mol. The van der Waals surface area contributed by atoms with Crippen molar-refractivity contribution in [2.24, 2.45) is 0 Å². The molecule has 0 bridgehead atoms. The van der Waals surface area contributed by atoms with Crippen LogP contribution in [0.3, 0.4) is 0 Å². The highest BCUT2D eigenvalue weighted by Crippen LogP contribution is 2.30. The van der Waals surface area contributed by atoms with Crippen molar-refractivity contribution in [2.45, 2.75) is 19.9 Å². The number of nitrogens with zero attached hydrogens (tertiary/aromatic N) is 4. The van der Waals surface area contributed by atoms with Crippen LogP contribution in [0, 0.1) is 6.92 Å². The predicted molar refractivity (Wildman–Crippen MR) is 149 cm³/mol. The van der Waals surface area contributed by atoms with Crippen molar-refractivity contribution in [1.29, 1.82) is 0 Å². The Balaban J connectivity index is 1.16. The zero-order valence-electron chi connectivity index (χ0n) is 21.2. The fraction of sp³-hybridized carbons (Fsp3) is 0.407. The van der Waals surface area contributed by atoms with Crippen molar-refractivity contribution < 1.29 is 9.47 Å². The summed E-state index contributed by atoms with van der Waals surface area (Å²) in [5, 5.41) is 7.07. The maximum absolute atomic E-state index is 6.06. The number of benzene rings is 2. The molecule has 1 saturated heterocycles. The number of aromatic nitrogens is 2. The summed E-state index contributed by atoms with van der Waals surface area (Å²) < 4.78 is 13.8. The van der Waals surface area contributed by atoms with E-state index >= 15 is 0 Å². The van der Waals surface area contributed by atoms with Gasteiger partial charge in [0, 0.05) is 75.1 Å². The molecule has 2 heterocycles. The molecule has 0 amide bonds. The summed E-state index contributed by atoms with van der Waals surface area (Å²) in [6, 6.07) is 16.4. The SMILES string of the molecule is COc1cc(NC(=S)NCCCn2cncc2C)ccc1OCCN1CCN(c2ccccc2)CC1. The fourth-order valence-electron chi connectivity index (χ4n) is 4.27. The number of methoxy groups -OCH3 is 1. The number of anilines is 2. The predicted octanol–water partition coefficient (Wildman–Crippen LogP) is 3.78. The summed E-state index contributed by atoms with van der Waals surface area (Å²) in [7, 11) is 1.66. The molecular formula is C27H36N6O2S. The number of hydrogen-bond acceptors (Lipinski definition) is 6. The summed E-state index contributed by atoms with van der Waals surface area (Å²) in [6.07, 6.45) is 4.68. The second-order valence-corrected chi connectivity index (χ2v) is 9.25. The van der Waals surface area contributed by atoms with Gasteiger partial charge in [-0.25, -0.2) is 4.98 Å². The van der Waals surface area contributed by atoms with Gasteiger partial charge in [-0.15, -0.1) is 0 Å². The van der Waals surface area contributed by atoms with E-state index in [-0.39, 0.29) is 0 Å². The van der Waals surface area contributed by atoms with Gasteiger partial charge in [-0.05, 0) is 49.8 Å². The molecule has 0 aliphatic carbocycles. The molecule has 0 radical (unpaired) electrons. The number of para-hydroxylation sites is 1. The monoisotopic (exact) mass is 508 g/mol. The minimum Gasteiger partial charge on any atom is -0.493 e. The van der Waals surface area contributed by atoms with Gasteiger partial charge in [0.2, 0.25) is 0 Å². The first-order valence-corrected chi connectivity index (χ1v) is 12.9. The number of aryl methyl sites for hydroxylation is 2. The third kappa shape index (κ3) is 7.35. The number of imidazole rings is 1. The van der Waals surface area contributed by atoms with E-state index < -0.39 is 0 Å². The van der Waals surface area contributed by atoms with Crippen LogP contribution in [0.15, 0.2) is 61.1 Å². The summed E-state index contributed by atoms with van der Waals surface area (Å²) >= 11 is 5.45. The van der Waals surface area contributed by atoms with Gasteiger partial charge >= 0.3 is 0 Å². The van der Waals surface area contributed by atoms with Crippen molar-refractivity contribution in [1.82, 2.24) is 19.8 Å². The molecule has 2 aromatic carbocycles. The number of ether oxygens (including phenoxy) is 2. The highest BCUT2D eigenvalue weighted by atomic mass is 32.1. The number of thiocarbonyl (C=S) groups is 1. The van der Waals surface area contributed by atoms with E-state index in [1.807, 2.05) is 30.7 Å². The summed E-state index contributed by atoms with van der Waals surface area (Å²) in [4.78, 5) is 9.03. The van der Waals surface area contributed by atoms with E-state index in [0.29, 0.717) is 17.5 Å². The van der Waals surface area contributed by atoms with Gasteiger partial charge in [0.05, 0.1) is 13.4 Å². The molecule has 0 unspecified atom stereocenters. The Morgan fingerprint density at radius 1 is 1.03 bits per heavy atom. The number of hydrogen-bond donors (Lipinski definition) is 2. The Bertz CT molecular complexity index is 1100. The van der Waals surface area contributed by atoms with Crippen LogP contribution in [-0.2, 0) is 6.54 Å². The first-order valence-electron chi connectivity index (χ1n) is 12.5.